The van der Waals surface area contributed by atoms with Gasteiger partial charge in [0.2, 0.25) is 5.88 Å². The molecule has 1 amide bonds. The van der Waals surface area contributed by atoms with Gasteiger partial charge in [0, 0.05) is 60.4 Å². The van der Waals surface area contributed by atoms with Crippen LogP contribution in [-0.2, 0) is 9.47 Å². The highest BCUT2D eigenvalue weighted by Gasteiger charge is 2.41. The molecule has 6 rings (SSSR count). The largest absolute Gasteiger partial charge is 0.474 e. The summed E-state index contributed by atoms with van der Waals surface area (Å²) >= 11 is 0. The van der Waals surface area contributed by atoms with Crippen molar-refractivity contribution in [1.82, 2.24) is 14.9 Å². The monoisotopic (exact) mass is 508 g/mol. The first kappa shape index (κ1) is 23.7. The number of nitrogen functional groups attached to an aromatic ring is 1. The van der Waals surface area contributed by atoms with E-state index in [1.165, 1.54) is 6.20 Å². The lowest BCUT2D eigenvalue weighted by Gasteiger charge is -2.44. The Balaban J connectivity index is 1.28. The van der Waals surface area contributed by atoms with Gasteiger partial charge < -0.3 is 30.2 Å². The average Bonchev–Trinajstić information content (AvgIpc) is 2.87. The fourth-order valence-electron chi connectivity index (χ4n) is 5.64. The molecule has 2 unspecified atom stereocenters. The third-order valence-corrected chi connectivity index (χ3v) is 7.39. The van der Waals surface area contributed by atoms with Gasteiger partial charge in [-0.05, 0) is 37.1 Å². The highest BCUT2D eigenvalue weighted by molar-refractivity contribution is 5.99. The number of aromatic nitrogens is 2. The standard InChI is InChI=1S/C26H29FN6O4/c1-13-18(7-31-25-23(13)29-3-4-36-25)17-5-14-6-20(30-8-19(14)22(28)21(17)27)32-26(34)37-24-15-9-33(2)10-16(24)12-35-11-15/h5-8,15-16,24,29H,3-4,9-12,28H2,1-2H3,(H,30,32,34)/t15-,16?,24?/m1/s1. The van der Waals surface area contributed by atoms with E-state index < -0.39 is 11.9 Å². The Labute approximate surface area is 213 Å². The highest BCUT2D eigenvalue weighted by Crippen LogP contribution is 2.39. The molecule has 2 saturated heterocycles. The number of ether oxygens (including phenoxy) is 3. The zero-order valence-corrected chi connectivity index (χ0v) is 20.7. The highest BCUT2D eigenvalue weighted by atomic mass is 19.1. The molecule has 3 aromatic rings. The quantitative estimate of drug-likeness (QED) is 0.457. The first-order chi connectivity index (χ1) is 17.9. The summed E-state index contributed by atoms with van der Waals surface area (Å²) in [5, 5.41) is 7.08. The van der Waals surface area contributed by atoms with Crippen molar-refractivity contribution in [3.63, 3.8) is 0 Å². The number of fused-ring (bicyclic) bond motifs is 4. The fraction of sp³-hybridized carbons (Fsp3) is 0.423. The summed E-state index contributed by atoms with van der Waals surface area (Å²) in [6, 6.07) is 3.36. The molecule has 4 N–H and O–H groups in total. The minimum Gasteiger partial charge on any atom is -0.474 e. The molecule has 10 nitrogen and oxygen atoms in total. The molecule has 3 aliphatic rings. The second kappa shape index (κ2) is 9.31. The van der Waals surface area contributed by atoms with Crippen molar-refractivity contribution in [2.24, 2.45) is 11.8 Å². The molecule has 3 atom stereocenters. The maximum absolute atomic E-state index is 15.4. The van der Waals surface area contributed by atoms with Crippen LogP contribution in [0.3, 0.4) is 0 Å². The third-order valence-electron chi connectivity index (χ3n) is 7.39. The van der Waals surface area contributed by atoms with E-state index in [9.17, 15) is 4.79 Å². The summed E-state index contributed by atoms with van der Waals surface area (Å²) in [6.45, 7) is 5.82. The number of carbonyl (C=O) groups excluding carboxylic acids is 1. The van der Waals surface area contributed by atoms with Gasteiger partial charge in [-0.1, -0.05) is 0 Å². The average molecular weight is 509 g/mol. The summed E-state index contributed by atoms with van der Waals surface area (Å²) in [7, 11) is 2.06. The van der Waals surface area contributed by atoms with Crippen LogP contribution in [0.25, 0.3) is 21.9 Å². The van der Waals surface area contributed by atoms with Gasteiger partial charge in [0.15, 0.2) is 5.82 Å². The molecule has 0 spiro atoms. The molecule has 0 saturated carbocycles. The number of rotatable bonds is 3. The van der Waals surface area contributed by atoms with Crippen molar-refractivity contribution >= 4 is 34.1 Å². The summed E-state index contributed by atoms with van der Waals surface area (Å²) in [4.78, 5) is 23.7. The van der Waals surface area contributed by atoms with Gasteiger partial charge >= 0.3 is 6.09 Å². The molecule has 5 heterocycles. The second-order valence-corrected chi connectivity index (χ2v) is 9.97. The van der Waals surface area contributed by atoms with Crippen molar-refractivity contribution in [1.29, 1.82) is 0 Å². The Bertz CT molecular complexity index is 1370. The van der Waals surface area contributed by atoms with Gasteiger partial charge in [-0.25, -0.2) is 19.2 Å². The number of pyridine rings is 2. The molecule has 37 heavy (non-hydrogen) atoms. The van der Waals surface area contributed by atoms with Gasteiger partial charge in [0.1, 0.15) is 24.2 Å². The topological polar surface area (TPSA) is 124 Å². The summed E-state index contributed by atoms with van der Waals surface area (Å²) in [5.74, 6) is 0.500. The van der Waals surface area contributed by atoms with E-state index >= 15 is 4.39 Å². The van der Waals surface area contributed by atoms with Crippen LogP contribution in [-0.4, -0.2) is 73.6 Å². The van der Waals surface area contributed by atoms with Crippen LogP contribution >= 0.6 is 0 Å². The van der Waals surface area contributed by atoms with Crippen LogP contribution in [0.4, 0.5) is 26.4 Å². The lowest BCUT2D eigenvalue weighted by molar-refractivity contribution is -0.119. The summed E-state index contributed by atoms with van der Waals surface area (Å²) in [5.41, 5.74) is 8.62. The van der Waals surface area contributed by atoms with Crippen LogP contribution in [0.5, 0.6) is 5.88 Å². The number of amides is 1. The van der Waals surface area contributed by atoms with Gasteiger partial charge in [0.05, 0.1) is 18.9 Å². The molecular weight excluding hydrogens is 479 g/mol. The smallest absolute Gasteiger partial charge is 0.413 e. The van der Waals surface area contributed by atoms with Gasteiger partial charge in [-0.3, -0.25) is 5.32 Å². The first-order valence-electron chi connectivity index (χ1n) is 12.4. The molecular formula is C26H29FN6O4. The zero-order valence-electron chi connectivity index (χ0n) is 20.7. The minimum atomic E-state index is -0.575. The van der Waals surface area contributed by atoms with Crippen LogP contribution in [0.2, 0.25) is 0 Å². The van der Waals surface area contributed by atoms with Crippen LogP contribution in [0.1, 0.15) is 5.56 Å². The molecule has 2 aromatic heterocycles. The van der Waals surface area contributed by atoms with Crippen molar-refractivity contribution in [2.75, 3.05) is 62.9 Å². The number of benzene rings is 1. The molecule has 2 fully saturated rings. The van der Waals surface area contributed by atoms with Crippen LogP contribution in [0, 0.1) is 24.6 Å². The number of piperidine rings is 1. The van der Waals surface area contributed by atoms with E-state index in [1.54, 1.807) is 18.3 Å². The van der Waals surface area contributed by atoms with Gasteiger partial charge in [-0.15, -0.1) is 0 Å². The Morgan fingerprint density at radius 2 is 2.00 bits per heavy atom. The van der Waals surface area contributed by atoms with Gasteiger partial charge in [0.25, 0.3) is 0 Å². The normalized spacial score (nSPS) is 23.1. The first-order valence-corrected chi connectivity index (χ1v) is 12.4. The molecule has 0 radical (unpaired) electrons. The maximum Gasteiger partial charge on any atom is 0.413 e. The number of hydrogen-bond donors (Lipinski definition) is 3. The molecule has 194 valence electrons. The summed E-state index contributed by atoms with van der Waals surface area (Å²) < 4.78 is 32.5. The Morgan fingerprint density at radius 1 is 1.22 bits per heavy atom. The lowest BCUT2D eigenvalue weighted by atomic mass is 9.85. The molecule has 3 aliphatic heterocycles. The van der Waals surface area contributed by atoms with E-state index in [4.69, 9.17) is 19.9 Å². The maximum atomic E-state index is 15.4. The number of anilines is 3. The molecule has 2 bridgehead atoms. The number of nitrogens with one attached hydrogen (secondary N) is 2. The van der Waals surface area contributed by atoms with E-state index in [2.05, 4.69) is 32.5 Å². The Hall–Kier alpha value is -3.70. The molecule has 0 aliphatic carbocycles. The van der Waals surface area contributed by atoms with Gasteiger partial charge in [-0.2, -0.15) is 0 Å². The fourth-order valence-corrected chi connectivity index (χ4v) is 5.64. The third kappa shape index (κ3) is 4.27. The van der Waals surface area contributed by atoms with Crippen molar-refractivity contribution < 1.29 is 23.4 Å². The SMILES string of the molecule is Cc1c(-c2cc3cc(NC(=O)OC4C5COC[C@H]4CN(C)C5)ncc3c(N)c2F)cnc2c1NCCO2. The van der Waals surface area contributed by atoms with E-state index in [0.29, 0.717) is 60.0 Å². The van der Waals surface area contributed by atoms with E-state index in [-0.39, 0.29) is 23.6 Å². The van der Waals surface area contributed by atoms with Crippen molar-refractivity contribution in [2.45, 2.75) is 13.0 Å². The Kier molecular flexibility index (Phi) is 5.96. The predicted molar refractivity (Wildman–Crippen MR) is 137 cm³/mol. The number of halogens is 1. The molecule has 11 heteroatoms. The zero-order chi connectivity index (χ0) is 25.7. The van der Waals surface area contributed by atoms with Crippen LogP contribution in [0.15, 0.2) is 24.5 Å². The number of nitrogens with zero attached hydrogens (tertiary/aromatic N) is 3. The van der Waals surface area contributed by atoms with Crippen molar-refractivity contribution in [3.05, 3.63) is 35.9 Å². The number of hydrogen-bond acceptors (Lipinski definition) is 9. The second-order valence-electron chi connectivity index (χ2n) is 9.97. The van der Waals surface area contributed by atoms with Crippen LogP contribution < -0.4 is 21.1 Å². The Morgan fingerprint density at radius 3 is 2.78 bits per heavy atom. The van der Waals surface area contributed by atoms with E-state index in [1.807, 2.05) is 6.92 Å². The minimum absolute atomic E-state index is 0.0189. The number of likely N-dealkylation sites (tertiary alicyclic amines) is 1. The number of nitrogens with two attached hydrogens (primary N) is 1. The van der Waals surface area contributed by atoms with Crippen molar-refractivity contribution in [3.8, 4) is 17.0 Å². The lowest BCUT2D eigenvalue weighted by Crippen LogP contribution is -2.55. The van der Waals surface area contributed by atoms with E-state index in [0.717, 1.165) is 24.3 Å². The summed E-state index contributed by atoms with van der Waals surface area (Å²) in [6.07, 6.45) is 2.26. The number of carbonyl (C=O) groups is 1. The molecule has 1 aromatic carbocycles. The predicted octanol–water partition coefficient (Wildman–Crippen LogP) is 3.26.